The lowest BCUT2D eigenvalue weighted by atomic mass is 9.54. The van der Waals surface area contributed by atoms with Crippen LogP contribution in [0, 0.1) is 28.6 Å². The van der Waals surface area contributed by atoms with Crippen molar-refractivity contribution in [1.82, 2.24) is 0 Å². The molecule has 7 atom stereocenters. The van der Waals surface area contributed by atoms with Crippen LogP contribution in [-0.4, -0.2) is 51.3 Å². The lowest BCUT2D eigenvalue weighted by molar-refractivity contribution is -0.334. The highest BCUT2D eigenvalue weighted by Crippen LogP contribution is 2.70. The molecule has 1 aliphatic heterocycles. The number of fused-ring (bicyclic) bond motifs is 1. The Bertz CT molecular complexity index is 1210. The third-order valence-electron chi connectivity index (χ3n) is 11.1. The van der Waals surface area contributed by atoms with Crippen LogP contribution in [0.25, 0.3) is 0 Å². The molecule has 0 bridgehead atoms. The maximum atomic E-state index is 13.8. The Morgan fingerprint density at radius 3 is 2.43 bits per heavy atom. The Morgan fingerprint density at radius 1 is 1.14 bits per heavy atom. The van der Waals surface area contributed by atoms with Crippen LogP contribution >= 0.6 is 0 Å². The summed E-state index contributed by atoms with van der Waals surface area (Å²) in [6.07, 6.45) is 6.69. The predicted octanol–water partition coefficient (Wildman–Crippen LogP) is 5.15. The zero-order valence-corrected chi connectivity index (χ0v) is 26.8. The van der Waals surface area contributed by atoms with Gasteiger partial charge in [0.25, 0.3) is 0 Å². The SMILES string of the molecule is CCCC(=O)OC(C)(C)CCC(=O)[C@]1(C)O[C@]23CC(=O)C[C@@H]4C=C(N)C(=O)C(C)(C)/C4=C/C[C@H](CC)[C@]2(C)C[C@@H](O)[C@H]13. The molecule has 0 aromatic rings. The highest BCUT2D eigenvalue weighted by atomic mass is 16.6. The predicted molar refractivity (Wildman–Crippen MR) is 159 cm³/mol. The van der Waals surface area contributed by atoms with Gasteiger partial charge in [0.1, 0.15) is 17.0 Å². The Kier molecular flexibility index (Phi) is 8.53. The van der Waals surface area contributed by atoms with Gasteiger partial charge in [-0.2, -0.15) is 0 Å². The van der Waals surface area contributed by atoms with E-state index in [1.54, 1.807) is 26.8 Å². The molecule has 8 nitrogen and oxygen atoms in total. The zero-order chi connectivity index (χ0) is 31.5. The van der Waals surface area contributed by atoms with Crippen molar-refractivity contribution in [2.75, 3.05) is 0 Å². The first-order valence-corrected chi connectivity index (χ1v) is 15.8. The molecule has 1 saturated carbocycles. The summed E-state index contributed by atoms with van der Waals surface area (Å²) in [6, 6.07) is 0. The van der Waals surface area contributed by atoms with Crippen molar-refractivity contribution < 1.29 is 33.8 Å². The number of ether oxygens (including phenoxy) is 2. The van der Waals surface area contributed by atoms with Gasteiger partial charge in [0.15, 0.2) is 11.6 Å². The first-order valence-electron chi connectivity index (χ1n) is 15.8. The number of rotatable bonds is 8. The lowest BCUT2D eigenvalue weighted by Crippen LogP contribution is -2.75. The number of aliphatic hydroxyl groups excluding tert-OH is 1. The Labute approximate surface area is 250 Å². The van der Waals surface area contributed by atoms with Gasteiger partial charge in [-0.15, -0.1) is 0 Å². The number of hydrogen-bond acceptors (Lipinski definition) is 8. The minimum Gasteiger partial charge on any atom is -0.460 e. The van der Waals surface area contributed by atoms with Gasteiger partial charge in [0.2, 0.25) is 0 Å². The molecule has 1 saturated heterocycles. The average Bonchev–Trinajstić information content (AvgIpc) is 3.04. The van der Waals surface area contributed by atoms with Crippen molar-refractivity contribution in [3.05, 3.63) is 23.4 Å². The average molecular weight is 586 g/mol. The molecule has 42 heavy (non-hydrogen) atoms. The largest absolute Gasteiger partial charge is 0.460 e. The number of allylic oxidation sites excluding steroid dienone is 4. The summed E-state index contributed by atoms with van der Waals surface area (Å²) < 4.78 is 12.4. The van der Waals surface area contributed by atoms with E-state index in [1.807, 2.05) is 20.8 Å². The molecule has 2 fully saturated rings. The summed E-state index contributed by atoms with van der Waals surface area (Å²) in [5.41, 5.74) is 2.87. The highest BCUT2D eigenvalue weighted by Gasteiger charge is 2.78. The molecule has 234 valence electrons. The van der Waals surface area contributed by atoms with Crippen LogP contribution in [0.15, 0.2) is 23.4 Å². The monoisotopic (exact) mass is 585 g/mol. The number of esters is 1. The molecule has 0 aromatic heterocycles. The van der Waals surface area contributed by atoms with E-state index < -0.39 is 39.7 Å². The van der Waals surface area contributed by atoms with Crippen LogP contribution in [0.5, 0.6) is 0 Å². The molecule has 0 aromatic carbocycles. The third-order valence-corrected chi connectivity index (χ3v) is 11.1. The number of Topliss-reactive ketones (excluding diaryl/α,β-unsaturated/α-hetero) is 3. The topological polar surface area (TPSA) is 133 Å². The Morgan fingerprint density at radius 2 is 1.81 bits per heavy atom. The Balaban J connectivity index is 1.64. The van der Waals surface area contributed by atoms with Crippen LogP contribution in [0.2, 0.25) is 0 Å². The van der Waals surface area contributed by atoms with E-state index in [9.17, 15) is 24.3 Å². The second kappa shape index (κ2) is 11.0. The van der Waals surface area contributed by atoms with Crippen LogP contribution in [0.3, 0.4) is 0 Å². The number of aliphatic hydroxyl groups is 1. The number of hydrogen-bond donors (Lipinski definition) is 2. The summed E-state index contributed by atoms with van der Waals surface area (Å²) in [7, 11) is 0. The normalized spacial score (nSPS) is 39.1. The van der Waals surface area contributed by atoms with E-state index in [4.69, 9.17) is 15.2 Å². The van der Waals surface area contributed by atoms with Gasteiger partial charge in [-0.25, -0.2) is 0 Å². The van der Waals surface area contributed by atoms with Crippen molar-refractivity contribution in [3.8, 4) is 0 Å². The number of carbonyl (C=O) groups is 4. The molecule has 0 radical (unpaired) electrons. The van der Waals surface area contributed by atoms with Crippen molar-refractivity contribution in [1.29, 1.82) is 0 Å². The summed E-state index contributed by atoms with van der Waals surface area (Å²) >= 11 is 0. The standard InChI is InChI=1S/C34H51NO7/c1-9-11-27(39)41-30(3,4)15-14-26(38)33(8)28-25(37)19-32(7)21(10-2)12-13-23-20(16-22(36)18-34(28,32)42-33)17-24(35)29(40)31(23,5)6/h13,17,20-21,25,28,37H,9-12,14-16,18-19,35H2,1-8H3/b23-13+/t20-,21+,25-,28-,32+,33+,34+/m1/s1. The number of nitrogens with two attached hydrogens (primary N) is 1. The second-order valence-electron chi connectivity index (χ2n) is 14.8. The molecule has 8 heteroatoms. The van der Waals surface area contributed by atoms with Crippen LogP contribution < -0.4 is 5.73 Å². The van der Waals surface area contributed by atoms with Gasteiger partial charge in [0, 0.05) is 37.0 Å². The molecule has 1 heterocycles. The molecule has 0 unspecified atom stereocenters. The summed E-state index contributed by atoms with van der Waals surface area (Å²) in [4.78, 5) is 52.7. The van der Waals surface area contributed by atoms with Gasteiger partial charge in [-0.3, -0.25) is 19.2 Å². The third kappa shape index (κ3) is 5.10. The Hall–Kier alpha value is -2.32. The quantitative estimate of drug-likeness (QED) is 0.295. The van der Waals surface area contributed by atoms with Crippen molar-refractivity contribution >= 4 is 23.3 Å². The van der Waals surface area contributed by atoms with Gasteiger partial charge >= 0.3 is 5.97 Å². The molecule has 3 N–H and O–H groups in total. The van der Waals surface area contributed by atoms with E-state index in [2.05, 4.69) is 19.9 Å². The minimum absolute atomic E-state index is 0.0272. The zero-order valence-electron chi connectivity index (χ0n) is 26.8. The highest BCUT2D eigenvalue weighted by molar-refractivity contribution is 6.02. The fourth-order valence-corrected chi connectivity index (χ4v) is 8.80. The molecule has 0 amide bonds. The van der Waals surface area contributed by atoms with E-state index in [-0.39, 0.29) is 60.1 Å². The van der Waals surface area contributed by atoms with E-state index in [1.165, 1.54) is 0 Å². The van der Waals surface area contributed by atoms with Crippen molar-refractivity contribution in [3.63, 3.8) is 0 Å². The lowest BCUT2D eigenvalue weighted by Gasteiger charge is -2.64. The molecule has 3 aliphatic carbocycles. The van der Waals surface area contributed by atoms with E-state index in [0.717, 1.165) is 12.0 Å². The maximum absolute atomic E-state index is 13.8. The van der Waals surface area contributed by atoms with Crippen LogP contribution in [0.1, 0.15) is 113 Å². The first-order chi connectivity index (χ1) is 19.4. The van der Waals surface area contributed by atoms with Gasteiger partial charge < -0.3 is 20.3 Å². The number of carbonyl (C=O) groups excluding carboxylic acids is 4. The fraction of sp³-hybridized carbons (Fsp3) is 0.765. The van der Waals surface area contributed by atoms with Crippen LogP contribution in [0.4, 0.5) is 0 Å². The van der Waals surface area contributed by atoms with E-state index in [0.29, 0.717) is 32.1 Å². The van der Waals surface area contributed by atoms with Gasteiger partial charge in [0.05, 0.1) is 28.7 Å². The smallest absolute Gasteiger partial charge is 0.306 e. The van der Waals surface area contributed by atoms with Gasteiger partial charge in [-0.1, -0.05) is 44.9 Å². The fourth-order valence-electron chi connectivity index (χ4n) is 8.80. The molecular formula is C34H51NO7. The molecule has 4 aliphatic rings. The molecular weight excluding hydrogens is 534 g/mol. The van der Waals surface area contributed by atoms with Crippen LogP contribution in [-0.2, 0) is 28.7 Å². The second-order valence-corrected chi connectivity index (χ2v) is 14.8. The molecule has 4 rings (SSSR count). The summed E-state index contributed by atoms with van der Waals surface area (Å²) in [5, 5.41) is 11.6. The van der Waals surface area contributed by atoms with Crippen molar-refractivity contribution in [2.45, 2.75) is 136 Å². The maximum Gasteiger partial charge on any atom is 0.306 e. The van der Waals surface area contributed by atoms with E-state index >= 15 is 0 Å². The first kappa shape index (κ1) is 32.6. The minimum atomic E-state index is -1.24. The summed E-state index contributed by atoms with van der Waals surface area (Å²) in [6.45, 7) is 15.2. The molecule has 1 spiro atoms. The number of ketones is 3. The van der Waals surface area contributed by atoms with Gasteiger partial charge in [-0.05, 0) is 66.2 Å². The van der Waals surface area contributed by atoms with Crippen molar-refractivity contribution in [2.24, 2.45) is 34.3 Å². The summed E-state index contributed by atoms with van der Waals surface area (Å²) in [5.74, 6) is -1.33.